The Labute approximate surface area is 166 Å². The van der Waals surface area contributed by atoms with Gasteiger partial charge < -0.3 is 4.74 Å². The molecule has 0 aliphatic heterocycles. The average molecular weight is 457 g/mol. The Balaban J connectivity index is 1.90. The first-order valence-corrected chi connectivity index (χ1v) is 9.70. The lowest BCUT2D eigenvalue weighted by Gasteiger charge is -2.09. The van der Waals surface area contributed by atoms with Gasteiger partial charge in [-0.05, 0) is 45.9 Å². The quantitative estimate of drug-likeness (QED) is 0.399. The van der Waals surface area contributed by atoms with Crippen LogP contribution in [0, 0.1) is 0 Å². The minimum absolute atomic E-state index is 0.289. The molecule has 3 aromatic rings. The van der Waals surface area contributed by atoms with Gasteiger partial charge in [-0.1, -0.05) is 11.8 Å². The minimum Gasteiger partial charge on any atom is -0.496 e. The zero-order valence-electron chi connectivity index (χ0n) is 14.4. The third-order valence-corrected chi connectivity index (χ3v) is 4.60. The Hall–Kier alpha value is -2.27. The average Bonchev–Trinajstić information content (AvgIpc) is 3.25. The third kappa shape index (κ3) is 4.53. The molecule has 3 rings (SSSR count). The molecule has 0 atom stereocenters. The smallest absolute Gasteiger partial charge is 0.299 e. The van der Waals surface area contributed by atoms with Gasteiger partial charge in [-0.25, -0.2) is 8.78 Å². The summed E-state index contributed by atoms with van der Waals surface area (Å²) in [6.07, 6.45) is 3.98. The molecule has 2 heterocycles. The molecule has 0 radical (unpaired) electrons. The van der Waals surface area contributed by atoms with Crippen molar-refractivity contribution in [3.05, 3.63) is 52.0 Å². The maximum absolute atomic E-state index is 13.1. The molecule has 11 heteroatoms. The molecular formula is C16H15BrF2N6OS. The number of alkyl halides is 2. The summed E-state index contributed by atoms with van der Waals surface area (Å²) in [6.45, 7) is 0.488. The van der Waals surface area contributed by atoms with Gasteiger partial charge in [0.15, 0.2) is 0 Å². The van der Waals surface area contributed by atoms with Crippen LogP contribution in [0.15, 0.2) is 45.3 Å². The van der Waals surface area contributed by atoms with Gasteiger partial charge in [0.25, 0.3) is 6.43 Å². The maximum atomic E-state index is 13.1. The molecule has 27 heavy (non-hydrogen) atoms. The fourth-order valence-electron chi connectivity index (χ4n) is 2.37. The Bertz CT molecular complexity index is 958. The molecule has 7 nitrogen and oxygen atoms in total. The molecule has 0 spiro atoms. The topological polar surface area (TPSA) is 70.1 Å². The highest BCUT2D eigenvalue weighted by Gasteiger charge is 2.19. The van der Waals surface area contributed by atoms with Crippen molar-refractivity contribution < 1.29 is 13.5 Å². The van der Waals surface area contributed by atoms with Gasteiger partial charge in [0, 0.05) is 11.8 Å². The SMILES string of the molecule is COc1ccc(C=Nn2c(SC)nnc2C(F)F)cc1Cn1cc(Br)cn1. The van der Waals surface area contributed by atoms with E-state index in [-0.39, 0.29) is 5.16 Å². The number of ether oxygens (including phenoxy) is 1. The van der Waals surface area contributed by atoms with Crippen molar-refractivity contribution >= 4 is 33.9 Å². The molecule has 0 unspecified atom stereocenters. The van der Waals surface area contributed by atoms with Crippen LogP contribution in [0.1, 0.15) is 23.4 Å². The number of methoxy groups -OCH3 is 1. The molecule has 0 saturated heterocycles. The first kappa shape index (κ1) is 19.5. The highest BCUT2D eigenvalue weighted by atomic mass is 79.9. The number of hydrogen-bond donors (Lipinski definition) is 0. The summed E-state index contributed by atoms with van der Waals surface area (Å²) in [4.78, 5) is 0. The zero-order chi connectivity index (χ0) is 19.4. The first-order chi connectivity index (χ1) is 13.0. The first-order valence-electron chi connectivity index (χ1n) is 7.68. The zero-order valence-corrected chi connectivity index (χ0v) is 16.8. The van der Waals surface area contributed by atoms with Gasteiger partial charge in [-0.15, -0.1) is 10.2 Å². The van der Waals surface area contributed by atoms with E-state index in [2.05, 4.69) is 36.3 Å². The lowest BCUT2D eigenvalue weighted by molar-refractivity contribution is 0.135. The molecule has 0 fully saturated rings. The molecule has 1 aromatic carbocycles. The van der Waals surface area contributed by atoms with Gasteiger partial charge in [-0.3, -0.25) is 4.68 Å². The van der Waals surface area contributed by atoms with E-state index >= 15 is 0 Å². The summed E-state index contributed by atoms with van der Waals surface area (Å²) in [6, 6.07) is 5.45. The number of aromatic nitrogens is 5. The van der Waals surface area contributed by atoms with Crippen LogP contribution >= 0.6 is 27.7 Å². The summed E-state index contributed by atoms with van der Waals surface area (Å²) in [5.74, 6) is 0.201. The Morgan fingerprint density at radius 1 is 1.37 bits per heavy atom. The van der Waals surface area contributed by atoms with Gasteiger partial charge in [0.1, 0.15) is 5.75 Å². The Morgan fingerprint density at radius 3 is 2.81 bits per heavy atom. The Kier molecular flexibility index (Phi) is 6.22. The summed E-state index contributed by atoms with van der Waals surface area (Å²) in [5, 5.41) is 15.9. The molecule has 0 amide bonds. The molecule has 0 aliphatic carbocycles. The van der Waals surface area contributed by atoms with Gasteiger partial charge >= 0.3 is 0 Å². The number of rotatable bonds is 7. The van der Waals surface area contributed by atoms with Crippen LogP contribution in [0.4, 0.5) is 8.78 Å². The second-order valence-corrected chi connectivity index (χ2v) is 7.02. The molecule has 0 bridgehead atoms. The van der Waals surface area contributed by atoms with Crippen molar-refractivity contribution in [3.63, 3.8) is 0 Å². The van der Waals surface area contributed by atoms with Crippen LogP contribution in [-0.2, 0) is 6.54 Å². The van der Waals surface area contributed by atoms with Crippen LogP contribution in [0.2, 0.25) is 0 Å². The monoisotopic (exact) mass is 456 g/mol. The van der Waals surface area contributed by atoms with Gasteiger partial charge in [0.05, 0.1) is 30.5 Å². The van der Waals surface area contributed by atoms with Crippen molar-refractivity contribution in [3.8, 4) is 5.75 Å². The van der Waals surface area contributed by atoms with E-state index in [1.807, 2.05) is 12.3 Å². The molecule has 142 valence electrons. The molecule has 0 N–H and O–H groups in total. The van der Waals surface area contributed by atoms with Crippen LogP contribution in [0.5, 0.6) is 5.75 Å². The molecule has 0 aliphatic rings. The number of benzene rings is 1. The number of halogens is 3. The van der Waals surface area contributed by atoms with Gasteiger partial charge in [-0.2, -0.15) is 14.9 Å². The third-order valence-electron chi connectivity index (χ3n) is 3.57. The number of thioether (sulfide) groups is 1. The number of nitrogens with zero attached hydrogens (tertiary/aromatic N) is 6. The summed E-state index contributed by atoms with van der Waals surface area (Å²) in [5.41, 5.74) is 1.60. The lowest BCUT2D eigenvalue weighted by Crippen LogP contribution is -2.04. The summed E-state index contributed by atoms with van der Waals surface area (Å²) >= 11 is 4.55. The van der Waals surface area contributed by atoms with E-state index in [1.165, 1.54) is 18.0 Å². The highest BCUT2D eigenvalue weighted by molar-refractivity contribution is 9.10. The van der Waals surface area contributed by atoms with E-state index < -0.39 is 12.2 Å². The van der Waals surface area contributed by atoms with E-state index in [9.17, 15) is 8.78 Å². The van der Waals surface area contributed by atoms with Crippen molar-refractivity contribution in [2.45, 2.75) is 18.1 Å². The highest BCUT2D eigenvalue weighted by Crippen LogP contribution is 2.23. The van der Waals surface area contributed by atoms with Crippen LogP contribution in [-0.4, -0.2) is 44.2 Å². The second kappa shape index (κ2) is 8.61. The van der Waals surface area contributed by atoms with Crippen LogP contribution < -0.4 is 4.74 Å². The van der Waals surface area contributed by atoms with E-state index in [0.717, 1.165) is 20.3 Å². The predicted octanol–water partition coefficient (Wildman–Crippen LogP) is 3.84. The van der Waals surface area contributed by atoms with Gasteiger partial charge in [0.2, 0.25) is 11.0 Å². The van der Waals surface area contributed by atoms with E-state index in [1.54, 1.807) is 36.4 Å². The largest absolute Gasteiger partial charge is 0.496 e. The second-order valence-electron chi connectivity index (χ2n) is 5.33. The molecule has 2 aromatic heterocycles. The van der Waals surface area contributed by atoms with Crippen molar-refractivity contribution in [2.75, 3.05) is 13.4 Å². The predicted molar refractivity (Wildman–Crippen MR) is 102 cm³/mol. The van der Waals surface area contributed by atoms with Crippen LogP contribution in [0.3, 0.4) is 0 Å². The molecule has 0 saturated carbocycles. The van der Waals surface area contributed by atoms with Crippen molar-refractivity contribution in [1.29, 1.82) is 0 Å². The van der Waals surface area contributed by atoms with Crippen LogP contribution in [0.25, 0.3) is 0 Å². The van der Waals surface area contributed by atoms with Crippen molar-refractivity contribution in [1.82, 2.24) is 24.7 Å². The standard InChI is InChI=1S/C16H15BrF2N6OS/c1-26-13-4-3-10(5-11(13)8-24-9-12(17)7-20-24)6-21-25-15(14(18)19)22-23-16(25)27-2/h3-7,9,14H,8H2,1-2H3. The fraction of sp³-hybridized carbons (Fsp3) is 0.250. The van der Waals surface area contributed by atoms with Crippen molar-refractivity contribution in [2.24, 2.45) is 5.10 Å². The normalized spacial score (nSPS) is 11.6. The maximum Gasteiger partial charge on any atom is 0.299 e. The summed E-state index contributed by atoms with van der Waals surface area (Å²) < 4.78 is 35.2. The fourth-order valence-corrected chi connectivity index (χ4v) is 3.14. The lowest BCUT2D eigenvalue weighted by atomic mass is 10.1. The van der Waals surface area contributed by atoms with E-state index in [4.69, 9.17) is 4.74 Å². The molecular weight excluding hydrogens is 442 g/mol. The summed E-state index contributed by atoms with van der Waals surface area (Å²) in [7, 11) is 1.59. The number of hydrogen-bond acceptors (Lipinski definition) is 6. The minimum atomic E-state index is -2.76. The Morgan fingerprint density at radius 2 is 2.19 bits per heavy atom. The van der Waals surface area contributed by atoms with E-state index in [0.29, 0.717) is 12.3 Å².